The maximum Gasteiger partial charge on any atom is 0.231 e. The maximum atomic E-state index is 6.67. The Bertz CT molecular complexity index is 138. The van der Waals surface area contributed by atoms with E-state index in [9.17, 15) is 0 Å². The van der Waals surface area contributed by atoms with E-state index < -0.39 is 0 Å². The van der Waals surface area contributed by atoms with E-state index in [0.29, 0.717) is 12.6 Å². The van der Waals surface area contributed by atoms with Crippen molar-refractivity contribution in [1.29, 1.82) is 0 Å². The molecule has 0 bridgehead atoms. The molecule has 0 unspecified atom stereocenters. The van der Waals surface area contributed by atoms with Gasteiger partial charge in [0.25, 0.3) is 0 Å². The standard InChI is InChI=1S/C7H13N3/c1-8-5-7-6-10(2)4-3-9-7/h7,9H,3-6H2,2H3/t7-/m1/s1. The van der Waals surface area contributed by atoms with E-state index in [4.69, 9.17) is 6.57 Å². The van der Waals surface area contributed by atoms with Crippen LogP contribution < -0.4 is 5.32 Å². The molecule has 1 rings (SSSR count). The molecule has 1 heterocycles. The Balaban J connectivity index is 2.27. The van der Waals surface area contributed by atoms with Crippen LogP contribution in [0.1, 0.15) is 0 Å². The number of hydrogen-bond acceptors (Lipinski definition) is 2. The Morgan fingerprint density at radius 3 is 3.20 bits per heavy atom. The largest absolute Gasteiger partial charge is 0.315 e. The van der Waals surface area contributed by atoms with E-state index in [1.54, 1.807) is 0 Å². The molecule has 0 radical (unpaired) electrons. The number of likely N-dealkylation sites (N-methyl/N-ethyl adjacent to an activating group) is 1. The summed E-state index contributed by atoms with van der Waals surface area (Å²) in [7, 11) is 2.10. The molecule has 0 aliphatic carbocycles. The van der Waals surface area contributed by atoms with Crippen LogP contribution in [0.3, 0.4) is 0 Å². The first-order valence-electron chi connectivity index (χ1n) is 3.58. The molecule has 56 valence electrons. The number of rotatable bonds is 1. The van der Waals surface area contributed by atoms with Crippen LogP contribution in [0.2, 0.25) is 0 Å². The lowest BCUT2D eigenvalue weighted by molar-refractivity contribution is 0.246. The molecule has 0 aromatic carbocycles. The molecule has 0 amide bonds. The van der Waals surface area contributed by atoms with Gasteiger partial charge in [0.05, 0.1) is 6.04 Å². The molecule has 10 heavy (non-hydrogen) atoms. The normalized spacial score (nSPS) is 27.8. The van der Waals surface area contributed by atoms with Crippen molar-refractivity contribution in [1.82, 2.24) is 10.2 Å². The average Bonchev–Trinajstić information content (AvgIpc) is 1.88. The summed E-state index contributed by atoms with van der Waals surface area (Å²) in [6.07, 6.45) is 0. The first-order chi connectivity index (χ1) is 4.83. The van der Waals surface area contributed by atoms with Crippen LogP contribution in [0, 0.1) is 6.57 Å². The summed E-state index contributed by atoms with van der Waals surface area (Å²) in [6, 6.07) is 0.399. The fourth-order valence-electron chi connectivity index (χ4n) is 1.22. The van der Waals surface area contributed by atoms with Gasteiger partial charge in [0, 0.05) is 19.6 Å². The average molecular weight is 139 g/mol. The first-order valence-corrected chi connectivity index (χ1v) is 3.58. The zero-order chi connectivity index (χ0) is 7.40. The third-order valence-electron chi connectivity index (χ3n) is 1.77. The van der Waals surface area contributed by atoms with Gasteiger partial charge in [-0.3, -0.25) is 0 Å². The molecule has 3 heteroatoms. The fraction of sp³-hybridized carbons (Fsp3) is 0.857. The summed E-state index contributed by atoms with van der Waals surface area (Å²) in [5.41, 5.74) is 0. The van der Waals surface area contributed by atoms with Gasteiger partial charge in [0.15, 0.2) is 0 Å². The summed E-state index contributed by atoms with van der Waals surface area (Å²) in [5.74, 6) is 0. The third-order valence-corrected chi connectivity index (χ3v) is 1.77. The zero-order valence-corrected chi connectivity index (χ0v) is 6.30. The van der Waals surface area contributed by atoms with Gasteiger partial charge in [-0.25, -0.2) is 6.57 Å². The zero-order valence-electron chi connectivity index (χ0n) is 6.30. The van der Waals surface area contributed by atoms with Gasteiger partial charge >= 0.3 is 0 Å². The molecule has 1 N–H and O–H groups in total. The van der Waals surface area contributed by atoms with Gasteiger partial charge in [-0.15, -0.1) is 0 Å². The van der Waals surface area contributed by atoms with Crippen molar-refractivity contribution in [2.24, 2.45) is 0 Å². The quantitative estimate of drug-likeness (QED) is 0.508. The number of nitrogens with zero attached hydrogens (tertiary/aromatic N) is 2. The Kier molecular flexibility index (Phi) is 2.67. The van der Waals surface area contributed by atoms with E-state index >= 15 is 0 Å². The molecular formula is C7H13N3. The monoisotopic (exact) mass is 139 g/mol. The van der Waals surface area contributed by atoms with Crippen molar-refractivity contribution in [3.05, 3.63) is 11.4 Å². The van der Waals surface area contributed by atoms with Crippen LogP contribution in [0.15, 0.2) is 0 Å². The second-order valence-electron chi connectivity index (χ2n) is 2.75. The number of nitrogens with one attached hydrogen (secondary N) is 1. The molecular weight excluding hydrogens is 126 g/mol. The Morgan fingerprint density at radius 1 is 1.80 bits per heavy atom. The van der Waals surface area contributed by atoms with Gasteiger partial charge in [-0.1, -0.05) is 0 Å². The van der Waals surface area contributed by atoms with E-state index in [1.165, 1.54) is 0 Å². The first kappa shape index (κ1) is 7.52. The van der Waals surface area contributed by atoms with E-state index in [0.717, 1.165) is 19.6 Å². The number of piperazine rings is 1. The molecule has 0 aromatic rings. The SMILES string of the molecule is [C-]#[N+]C[C@@H]1CN(C)CCN1. The highest BCUT2D eigenvalue weighted by molar-refractivity contribution is 4.82. The Hall–Kier alpha value is -0.590. The van der Waals surface area contributed by atoms with E-state index in [2.05, 4.69) is 22.1 Å². The van der Waals surface area contributed by atoms with E-state index in [-0.39, 0.29) is 0 Å². The van der Waals surface area contributed by atoms with Crippen LogP contribution in [0.5, 0.6) is 0 Å². The van der Waals surface area contributed by atoms with Crippen molar-refractivity contribution in [2.45, 2.75) is 6.04 Å². The minimum absolute atomic E-state index is 0.399. The van der Waals surface area contributed by atoms with Crippen molar-refractivity contribution in [3.63, 3.8) is 0 Å². The third kappa shape index (κ3) is 1.98. The summed E-state index contributed by atoms with van der Waals surface area (Å²) < 4.78 is 0. The van der Waals surface area contributed by atoms with Gasteiger partial charge in [-0.2, -0.15) is 0 Å². The van der Waals surface area contributed by atoms with Crippen LogP contribution >= 0.6 is 0 Å². The van der Waals surface area contributed by atoms with Crippen molar-refractivity contribution >= 4 is 0 Å². The Labute approximate surface area is 61.8 Å². The summed E-state index contributed by atoms with van der Waals surface area (Å²) >= 11 is 0. The molecule has 1 fully saturated rings. The summed E-state index contributed by atoms with van der Waals surface area (Å²) in [4.78, 5) is 5.61. The second kappa shape index (κ2) is 3.55. The van der Waals surface area contributed by atoms with Crippen LogP contribution in [-0.4, -0.2) is 44.2 Å². The van der Waals surface area contributed by atoms with Crippen molar-refractivity contribution < 1.29 is 0 Å². The highest BCUT2D eigenvalue weighted by Gasteiger charge is 2.17. The van der Waals surface area contributed by atoms with Crippen molar-refractivity contribution in [2.75, 3.05) is 33.2 Å². The maximum absolute atomic E-state index is 6.67. The number of hydrogen-bond donors (Lipinski definition) is 1. The minimum Gasteiger partial charge on any atom is -0.315 e. The summed E-state index contributed by atoms with van der Waals surface area (Å²) in [6.45, 7) is 10.4. The topological polar surface area (TPSA) is 19.6 Å². The second-order valence-corrected chi connectivity index (χ2v) is 2.75. The molecule has 0 saturated carbocycles. The fourth-order valence-corrected chi connectivity index (χ4v) is 1.22. The van der Waals surface area contributed by atoms with Crippen LogP contribution in [0.4, 0.5) is 0 Å². The lowest BCUT2D eigenvalue weighted by Gasteiger charge is -2.27. The predicted molar refractivity (Wildman–Crippen MR) is 40.8 cm³/mol. The molecule has 1 saturated heterocycles. The van der Waals surface area contributed by atoms with Crippen molar-refractivity contribution in [3.8, 4) is 0 Å². The minimum atomic E-state index is 0.399. The van der Waals surface area contributed by atoms with Gasteiger partial charge < -0.3 is 15.1 Å². The van der Waals surface area contributed by atoms with Gasteiger partial charge in [0.1, 0.15) is 0 Å². The molecule has 1 aliphatic rings. The van der Waals surface area contributed by atoms with Gasteiger partial charge in [-0.05, 0) is 7.05 Å². The molecule has 0 aromatic heterocycles. The highest BCUT2D eigenvalue weighted by atomic mass is 15.2. The molecule has 1 aliphatic heterocycles. The molecule has 1 atom stereocenters. The smallest absolute Gasteiger partial charge is 0.231 e. The highest BCUT2D eigenvalue weighted by Crippen LogP contribution is 1.95. The van der Waals surface area contributed by atoms with Gasteiger partial charge in [0.2, 0.25) is 6.54 Å². The Morgan fingerprint density at radius 2 is 2.60 bits per heavy atom. The molecule has 0 spiro atoms. The predicted octanol–water partition coefficient (Wildman–Crippen LogP) is -0.191. The summed E-state index contributed by atoms with van der Waals surface area (Å²) in [5, 5.41) is 3.30. The lowest BCUT2D eigenvalue weighted by atomic mass is 10.2. The van der Waals surface area contributed by atoms with Crippen LogP contribution in [-0.2, 0) is 0 Å². The van der Waals surface area contributed by atoms with Crippen LogP contribution in [0.25, 0.3) is 4.85 Å². The lowest BCUT2D eigenvalue weighted by Crippen LogP contribution is -2.50. The molecule has 3 nitrogen and oxygen atoms in total. The van der Waals surface area contributed by atoms with E-state index in [1.807, 2.05) is 0 Å².